The van der Waals surface area contributed by atoms with E-state index in [0.29, 0.717) is 15.7 Å². The number of benzene rings is 1. The van der Waals surface area contributed by atoms with Gasteiger partial charge in [-0.05, 0) is 18.2 Å². The highest BCUT2D eigenvalue weighted by Gasteiger charge is 2.04. The van der Waals surface area contributed by atoms with Crippen LogP contribution in [0.2, 0.25) is 10.0 Å². The standard InChI is InChI=1S/C9H7Cl2N3O/c10-8-2-1-7(3-9(8)11)14-4-6(5-15)12-13-14/h1-4,15H,5H2. The van der Waals surface area contributed by atoms with Crippen molar-refractivity contribution in [3.05, 3.63) is 40.1 Å². The number of hydrogen-bond acceptors (Lipinski definition) is 3. The molecule has 0 saturated carbocycles. The van der Waals surface area contributed by atoms with E-state index in [4.69, 9.17) is 28.3 Å². The lowest BCUT2D eigenvalue weighted by molar-refractivity contribution is 0.276. The van der Waals surface area contributed by atoms with Gasteiger partial charge in [-0.3, -0.25) is 0 Å². The van der Waals surface area contributed by atoms with E-state index < -0.39 is 0 Å². The van der Waals surface area contributed by atoms with Crippen molar-refractivity contribution >= 4 is 23.2 Å². The maximum absolute atomic E-state index is 8.83. The molecular formula is C9H7Cl2N3O. The van der Waals surface area contributed by atoms with Gasteiger partial charge >= 0.3 is 0 Å². The predicted molar refractivity (Wildman–Crippen MR) is 57.3 cm³/mol. The molecule has 0 aliphatic rings. The first-order valence-corrected chi connectivity index (χ1v) is 4.94. The van der Waals surface area contributed by atoms with Crippen LogP contribution in [-0.4, -0.2) is 20.1 Å². The van der Waals surface area contributed by atoms with Crippen molar-refractivity contribution in [3.8, 4) is 5.69 Å². The fraction of sp³-hybridized carbons (Fsp3) is 0.111. The lowest BCUT2D eigenvalue weighted by Gasteiger charge is -2.01. The van der Waals surface area contributed by atoms with E-state index in [9.17, 15) is 0 Å². The normalized spacial score (nSPS) is 10.6. The number of hydrogen-bond donors (Lipinski definition) is 1. The lowest BCUT2D eigenvalue weighted by Crippen LogP contribution is -1.94. The van der Waals surface area contributed by atoms with E-state index in [1.54, 1.807) is 24.4 Å². The summed E-state index contributed by atoms with van der Waals surface area (Å²) >= 11 is 11.6. The minimum Gasteiger partial charge on any atom is -0.390 e. The molecule has 2 rings (SSSR count). The molecule has 0 aliphatic carbocycles. The first kappa shape index (κ1) is 10.4. The van der Waals surface area contributed by atoms with E-state index in [-0.39, 0.29) is 6.61 Å². The molecule has 0 spiro atoms. The monoisotopic (exact) mass is 243 g/mol. The van der Waals surface area contributed by atoms with Crippen LogP contribution < -0.4 is 0 Å². The van der Waals surface area contributed by atoms with E-state index in [2.05, 4.69) is 10.3 Å². The first-order chi connectivity index (χ1) is 7.20. The maximum atomic E-state index is 8.83. The zero-order valence-electron chi connectivity index (χ0n) is 7.56. The molecule has 2 aromatic rings. The number of aliphatic hydroxyl groups excluding tert-OH is 1. The Labute approximate surface area is 96.0 Å². The first-order valence-electron chi connectivity index (χ1n) is 4.18. The molecular weight excluding hydrogens is 237 g/mol. The van der Waals surface area contributed by atoms with Crippen LogP contribution >= 0.6 is 23.2 Å². The second-order valence-corrected chi connectivity index (χ2v) is 3.73. The molecule has 0 unspecified atom stereocenters. The highest BCUT2D eigenvalue weighted by atomic mass is 35.5. The number of rotatable bonds is 2. The number of aromatic nitrogens is 3. The van der Waals surface area contributed by atoms with Crippen LogP contribution in [0.25, 0.3) is 5.69 Å². The van der Waals surface area contributed by atoms with Gasteiger partial charge in [0.2, 0.25) is 0 Å². The van der Waals surface area contributed by atoms with Gasteiger partial charge in [0.15, 0.2) is 0 Å². The van der Waals surface area contributed by atoms with Gasteiger partial charge in [0.25, 0.3) is 0 Å². The van der Waals surface area contributed by atoms with Gasteiger partial charge in [-0.2, -0.15) is 0 Å². The summed E-state index contributed by atoms with van der Waals surface area (Å²) in [6.45, 7) is -0.138. The third-order valence-electron chi connectivity index (χ3n) is 1.87. The number of halogens is 2. The largest absolute Gasteiger partial charge is 0.390 e. The SMILES string of the molecule is OCc1cn(-c2ccc(Cl)c(Cl)c2)nn1. The fourth-order valence-corrected chi connectivity index (χ4v) is 1.42. The summed E-state index contributed by atoms with van der Waals surface area (Å²) in [5.74, 6) is 0. The second-order valence-electron chi connectivity index (χ2n) is 2.91. The average Bonchev–Trinajstić information content (AvgIpc) is 2.70. The van der Waals surface area contributed by atoms with Crippen LogP contribution in [0.1, 0.15) is 5.69 Å². The average molecular weight is 244 g/mol. The fourth-order valence-electron chi connectivity index (χ4n) is 1.12. The summed E-state index contributed by atoms with van der Waals surface area (Å²) in [6.07, 6.45) is 1.62. The van der Waals surface area contributed by atoms with Crippen LogP contribution in [0.4, 0.5) is 0 Å². The zero-order valence-corrected chi connectivity index (χ0v) is 9.07. The Balaban J connectivity index is 2.40. The van der Waals surface area contributed by atoms with Crippen molar-refractivity contribution in [3.63, 3.8) is 0 Å². The van der Waals surface area contributed by atoms with Crippen molar-refractivity contribution in [1.82, 2.24) is 15.0 Å². The minimum absolute atomic E-state index is 0.138. The molecule has 0 bridgehead atoms. The Morgan fingerprint density at radius 1 is 1.27 bits per heavy atom. The van der Waals surface area contributed by atoms with Gasteiger partial charge in [0, 0.05) is 0 Å². The van der Waals surface area contributed by atoms with E-state index >= 15 is 0 Å². The Morgan fingerprint density at radius 2 is 2.07 bits per heavy atom. The van der Waals surface area contributed by atoms with Gasteiger partial charge in [-0.15, -0.1) is 5.10 Å². The summed E-state index contributed by atoms with van der Waals surface area (Å²) in [7, 11) is 0. The Hall–Kier alpha value is -1.10. The molecule has 4 nitrogen and oxygen atoms in total. The molecule has 0 aliphatic heterocycles. The molecule has 0 radical (unpaired) electrons. The molecule has 6 heteroatoms. The van der Waals surface area contributed by atoms with Gasteiger partial charge in [-0.1, -0.05) is 28.4 Å². The quantitative estimate of drug-likeness (QED) is 0.879. The van der Waals surface area contributed by atoms with E-state index in [1.165, 1.54) is 4.68 Å². The van der Waals surface area contributed by atoms with Gasteiger partial charge in [0.05, 0.1) is 28.5 Å². The minimum atomic E-state index is -0.138. The summed E-state index contributed by atoms with van der Waals surface area (Å²) in [4.78, 5) is 0. The molecule has 1 aromatic heterocycles. The Morgan fingerprint density at radius 3 is 2.67 bits per heavy atom. The second kappa shape index (κ2) is 4.18. The summed E-state index contributed by atoms with van der Waals surface area (Å²) in [5.41, 5.74) is 1.25. The van der Waals surface area contributed by atoms with Crippen LogP contribution in [0, 0.1) is 0 Å². The van der Waals surface area contributed by atoms with Crippen molar-refractivity contribution in [2.24, 2.45) is 0 Å². The van der Waals surface area contributed by atoms with Crippen LogP contribution in [0.15, 0.2) is 24.4 Å². The molecule has 0 amide bonds. The lowest BCUT2D eigenvalue weighted by atomic mass is 10.3. The molecule has 1 heterocycles. The highest BCUT2D eigenvalue weighted by Crippen LogP contribution is 2.23. The highest BCUT2D eigenvalue weighted by molar-refractivity contribution is 6.42. The third-order valence-corrected chi connectivity index (χ3v) is 2.61. The van der Waals surface area contributed by atoms with Crippen LogP contribution in [-0.2, 0) is 6.61 Å². The number of aliphatic hydroxyl groups is 1. The number of nitrogens with zero attached hydrogens (tertiary/aromatic N) is 3. The third kappa shape index (κ3) is 2.12. The zero-order chi connectivity index (χ0) is 10.8. The van der Waals surface area contributed by atoms with Crippen molar-refractivity contribution < 1.29 is 5.11 Å². The summed E-state index contributed by atoms with van der Waals surface area (Å²) < 4.78 is 1.52. The smallest absolute Gasteiger partial charge is 0.109 e. The Kier molecular flexibility index (Phi) is 2.90. The maximum Gasteiger partial charge on any atom is 0.109 e. The van der Waals surface area contributed by atoms with Crippen molar-refractivity contribution in [1.29, 1.82) is 0 Å². The molecule has 0 saturated heterocycles. The summed E-state index contributed by atoms with van der Waals surface area (Å²) in [6, 6.07) is 5.13. The van der Waals surface area contributed by atoms with Gasteiger partial charge in [-0.25, -0.2) is 4.68 Å². The van der Waals surface area contributed by atoms with Crippen molar-refractivity contribution in [2.75, 3.05) is 0 Å². The molecule has 0 atom stereocenters. The molecule has 1 aromatic carbocycles. The molecule has 15 heavy (non-hydrogen) atoms. The topological polar surface area (TPSA) is 50.9 Å². The van der Waals surface area contributed by atoms with Crippen LogP contribution in [0.5, 0.6) is 0 Å². The van der Waals surface area contributed by atoms with E-state index in [1.807, 2.05) is 0 Å². The molecule has 1 N–H and O–H groups in total. The summed E-state index contributed by atoms with van der Waals surface area (Å²) in [5, 5.41) is 17.4. The van der Waals surface area contributed by atoms with Gasteiger partial charge < -0.3 is 5.11 Å². The van der Waals surface area contributed by atoms with Crippen LogP contribution in [0.3, 0.4) is 0 Å². The van der Waals surface area contributed by atoms with E-state index in [0.717, 1.165) is 5.69 Å². The predicted octanol–water partition coefficient (Wildman–Crippen LogP) is 2.07. The molecule has 78 valence electrons. The molecule has 0 fully saturated rings. The Bertz CT molecular complexity index is 484. The van der Waals surface area contributed by atoms with Gasteiger partial charge in [0.1, 0.15) is 5.69 Å². The van der Waals surface area contributed by atoms with Crippen molar-refractivity contribution in [2.45, 2.75) is 6.61 Å².